The maximum Gasteiger partial charge on any atom is 0.484 e. The molecule has 0 radical (unpaired) electrons. The Labute approximate surface area is 170 Å². The summed E-state index contributed by atoms with van der Waals surface area (Å²) in [5, 5.41) is 0. The van der Waals surface area contributed by atoms with Gasteiger partial charge in [0.15, 0.2) is 0 Å². The van der Waals surface area contributed by atoms with E-state index in [1.54, 1.807) is 0 Å². The number of hydrogen-bond donors (Lipinski definition) is 0. The molecule has 0 aliphatic rings. The second-order valence-corrected chi connectivity index (χ2v) is 9.04. The molecule has 0 aromatic rings. The number of unbranched alkanes of at least 4 members (excludes halogenated alkanes) is 7. The van der Waals surface area contributed by atoms with Crippen molar-refractivity contribution in [3.63, 3.8) is 0 Å². The molecule has 0 unspecified atom stereocenters. The Balaban J connectivity index is 0. The van der Waals surface area contributed by atoms with Gasteiger partial charge in [0, 0.05) is 26.2 Å². The van der Waals surface area contributed by atoms with Gasteiger partial charge in [0.1, 0.15) is 5.60 Å². The van der Waals surface area contributed by atoms with Crippen molar-refractivity contribution < 1.29 is 22.8 Å². The summed E-state index contributed by atoms with van der Waals surface area (Å²) < 4.78 is 20.9. The first-order valence-corrected chi connectivity index (χ1v) is 12.3. The molecule has 6 heteroatoms. The van der Waals surface area contributed by atoms with E-state index in [1.165, 1.54) is 38.5 Å². The van der Waals surface area contributed by atoms with Crippen LogP contribution in [0.2, 0.25) is 0 Å². The minimum absolute atomic E-state index is 0.0523. The van der Waals surface area contributed by atoms with E-state index in [9.17, 15) is 4.79 Å². The minimum atomic E-state index is -1.73. The van der Waals surface area contributed by atoms with Gasteiger partial charge in [-0.1, -0.05) is 51.9 Å². The molecule has 5 nitrogen and oxygen atoms in total. The minimum Gasteiger partial charge on any atom is -0.460 e. The molecule has 0 aromatic heterocycles. The number of carbonyl (C=O) groups excluding carboxylic acids is 1. The highest BCUT2D eigenvalue weighted by molar-refractivity contribution is 6.36. The first-order chi connectivity index (χ1) is 12.8. The van der Waals surface area contributed by atoms with Gasteiger partial charge in [0.2, 0.25) is 0 Å². The van der Waals surface area contributed by atoms with E-state index in [-0.39, 0.29) is 11.6 Å². The standard InChI is InChI=1S/C15H30O2.C6H16O3Si/c1-5-6-7-8-9-10-11-12-13-14(16)17-15(2,3)4;1-4-7-10(8-5-2)9-6-3/h5-13H2,1-4H3;10H,4-6H2,1-3H3. The van der Waals surface area contributed by atoms with Crippen molar-refractivity contribution in [1.29, 1.82) is 0 Å². The number of carbonyl (C=O) groups is 1. The molecule has 0 heterocycles. The van der Waals surface area contributed by atoms with Crippen molar-refractivity contribution in [2.45, 2.75) is 112 Å². The SMILES string of the molecule is CCCCCCCCCCC(=O)OC(C)(C)C.CCO[SiH](OCC)OCC. The van der Waals surface area contributed by atoms with Gasteiger partial charge in [0.25, 0.3) is 0 Å². The summed E-state index contributed by atoms with van der Waals surface area (Å²) in [4.78, 5) is 11.4. The molecule has 0 spiro atoms. The van der Waals surface area contributed by atoms with Crippen LogP contribution in [0.25, 0.3) is 0 Å². The van der Waals surface area contributed by atoms with Crippen molar-refractivity contribution >= 4 is 15.5 Å². The molecule has 0 rings (SSSR count). The maximum absolute atomic E-state index is 11.4. The number of ether oxygens (including phenoxy) is 1. The Morgan fingerprint density at radius 3 is 1.48 bits per heavy atom. The van der Waals surface area contributed by atoms with Crippen LogP contribution in [0.5, 0.6) is 0 Å². The molecule has 0 aliphatic carbocycles. The van der Waals surface area contributed by atoms with Crippen LogP contribution in [-0.2, 0) is 22.8 Å². The number of hydrogen-bond acceptors (Lipinski definition) is 5. The van der Waals surface area contributed by atoms with E-state index in [4.69, 9.17) is 18.0 Å². The van der Waals surface area contributed by atoms with Crippen LogP contribution in [-0.4, -0.2) is 40.9 Å². The lowest BCUT2D eigenvalue weighted by molar-refractivity contribution is -0.154. The van der Waals surface area contributed by atoms with Crippen LogP contribution in [0.15, 0.2) is 0 Å². The molecule has 0 aromatic carbocycles. The van der Waals surface area contributed by atoms with Crippen molar-refractivity contribution in [2.24, 2.45) is 0 Å². The lowest BCUT2D eigenvalue weighted by Gasteiger charge is -2.19. The summed E-state index contributed by atoms with van der Waals surface area (Å²) in [7, 11) is -1.73. The zero-order valence-electron chi connectivity index (χ0n) is 19.1. The summed E-state index contributed by atoms with van der Waals surface area (Å²) in [6.45, 7) is 15.8. The molecule has 0 amide bonds. The Hall–Kier alpha value is -0.433. The molecule has 164 valence electrons. The van der Waals surface area contributed by atoms with Crippen molar-refractivity contribution in [3.8, 4) is 0 Å². The fourth-order valence-electron chi connectivity index (χ4n) is 2.35. The van der Waals surface area contributed by atoms with Gasteiger partial charge in [-0.15, -0.1) is 0 Å². The van der Waals surface area contributed by atoms with Crippen LogP contribution in [0.4, 0.5) is 0 Å². The van der Waals surface area contributed by atoms with E-state index in [1.807, 2.05) is 41.5 Å². The van der Waals surface area contributed by atoms with Crippen molar-refractivity contribution in [3.05, 3.63) is 0 Å². The topological polar surface area (TPSA) is 54.0 Å². The Morgan fingerprint density at radius 2 is 1.11 bits per heavy atom. The second-order valence-electron chi connectivity index (χ2n) is 7.47. The molecule has 0 fully saturated rings. The van der Waals surface area contributed by atoms with Gasteiger partial charge in [-0.2, -0.15) is 0 Å². The predicted molar refractivity (Wildman–Crippen MR) is 115 cm³/mol. The molecule has 0 aliphatic heterocycles. The summed E-state index contributed by atoms with van der Waals surface area (Å²) in [6, 6.07) is 0. The molecule has 0 saturated heterocycles. The monoisotopic (exact) mass is 406 g/mol. The van der Waals surface area contributed by atoms with E-state index >= 15 is 0 Å². The average molecular weight is 407 g/mol. The third kappa shape index (κ3) is 25.6. The van der Waals surface area contributed by atoms with Crippen LogP contribution in [0.3, 0.4) is 0 Å². The lowest BCUT2D eigenvalue weighted by atomic mass is 10.1. The fourth-order valence-corrected chi connectivity index (χ4v) is 3.45. The maximum atomic E-state index is 11.4. The molecular weight excluding hydrogens is 360 g/mol. The molecule has 0 saturated carbocycles. The second kappa shape index (κ2) is 20.3. The zero-order valence-corrected chi connectivity index (χ0v) is 20.3. The summed E-state index contributed by atoms with van der Waals surface area (Å²) in [5.41, 5.74) is -0.336. The smallest absolute Gasteiger partial charge is 0.460 e. The van der Waals surface area contributed by atoms with Crippen LogP contribution >= 0.6 is 0 Å². The van der Waals surface area contributed by atoms with E-state index in [0.29, 0.717) is 26.2 Å². The lowest BCUT2D eigenvalue weighted by Crippen LogP contribution is -2.27. The quantitative estimate of drug-likeness (QED) is 0.199. The van der Waals surface area contributed by atoms with E-state index in [2.05, 4.69) is 6.92 Å². The molecule has 0 bridgehead atoms. The van der Waals surface area contributed by atoms with E-state index in [0.717, 1.165) is 12.8 Å². The Kier molecular flexibility index (Phi) is 21.6. The number of rotatable bonds is 15. The zero-order chi connectivity index (χ0) is 21.0. The highest BCUT2D eigenvalue weighted by Gasteiger charge is 2.15. The van der Waals surface area contributed by atoms with Gasteiger partial charge in [0.05, 0.1) is 0 Å². The summed E-state index contributed by atoms with van der Waals surface area (Å²) in [5.74, 6) is -0.0523. The normalized spacial score (nSPS) is 11.3. The van der Waals surface area contributed by atoms with Gasteiger partial charge >= 0.3 is 15.5 Å². The third-order valence-electron chi connectivity index (χ3n) is 3.56. The molecule has 0 atom stereocenters. The third-order valence-corrected chi connectivity index (χ3v) is 5.38. The van der Waals surface area contributed by atoms with Gasteiger partial charge in [-0.25, -0.2) is 0 Å². The number of esters is 1. The molecular formula is C21H46O5Si. The molecule has 0 N–H and O–H groups in total. The van der Waals surface area contributed by atoms with Crippen molar-refractivity contribution in [1.82, 2.24) is 0 Å². The Morgan fingerprint density at radius 1 is 0.704 bits per heavy atom. The van der Waals surface area contributed by atoms with Crippen molar-refractivity contribution in [2.75, 3.05) is 19.8 Å². The largest absolute Gasteiger partial charge is 0.484 e. The summed E-state index contributed by atoms with van der Waals surface area (Å²) >= 11 is 0. The predicted octanol–water partition coefficient (Wildman–Crippen LogP) is 5.67. The van der Waals surface area contributed by atoms with Gasteiger partial charge in [-0.3, -0.25) is 4.79 Å². The first-order valence-electron chi connectivity index (χ1n) is 10.9. The molecule has 27 heavy (non-hydrogen) atoms. The fraction of sp³-hybridized carbons (Fsp3) is 0.952. The van der Waals surface area contributed by atoms with Crippen LogP contribution in [0.1, 0.15) is 106 Å². The van der Waals surface area contributed by atoms with Crippen LogP contribution in [0, 0.1) is 0 Å². The Bertz CT molecular complexity index is 304. The van der Waals surface area contributed by atoms with Gasteiger partial charge < -0.3 is 18.0 Å². The van der Waals surface area contributed by atoms with Crippen LogP contribution < -0.4 is 0 Å². The summed E-state index contributed by atoms with van der Waals surface area (Å²) in [6.07, 6.45) is 10.7. The van der Waals surface area contributed by atoms with Gasteiger partial charge in [-0.05, 0) is 48.0 Å². The van der Waals surface area contributed by atoms with E-state index < -0.39 is 9.53 Å². The highest BCUT2D eigenvalue weighted by atomic mass is 28.3. The first kappa shape index (κ1) is 28.8. The average Bonchev–Trinajstić information content (AvgIpc) is 2.57. The highest BCUT2D eigenvalue weighted by Crippen LogP contribution is 2.12.